The summed E-state index contributed by atoms with van der Waals surface area (Å²) in [6.07, 6.45) is -2.55. The van der Waals surface area contributed by atoms with Gasteiger partial charge in [-0.1, -0.05) is 6.92 Å². The molecule has 0 radical (unpaired) electrons. The molecule has 0 aliphatic heterocycles. The monoisotopic (exact) mass is 371 g/mol. The van der Waals surface area contributed by atoms with Crippen molar-refractivity contribution in [2.75, 3.05) is 13.2 Å². The first-order valence-electron chi connectivity index (χ1n) is 6.92. The zero-order valence-electron chi connectivity index (χ0n) is 12.2. The van der Waals surface area contributed by atoms with E-state index in [0.717, 1.165) is 28.8 Å². The Kier molecular flexibility index (Phi) is 7.15. The molecule has 1 aromatic rings. The highest BCUT2D eigenvalue weighted by molar-refractivity contribution is 9.10. The fourth-order valence-electron chi connectivity index (χ4n) is 1.99. The number of alkyl halides is 3. The average Bonchev–Trinajstić information content (AvgIpc) is 2.70. The number of hydrogen-bond acceptors (Lipinski definition) is 3. The van der Waals surface area contributed by atoms with Crippen molar-refractivity contribution < 1.29 is 17.9 Å². The van der Waals surface area contributed by atoms with Gasteiger partial charge in [0, 0.05) is 25.6 Å². The van der Waals surface area contributed by atoms with Gasteiger partial charge in [0.2, 0.25) is 0 Å². The molecule has 1 aromatic heterocycles. The molecule has 0 aliphatic carbocycles. The predicted octanol–water partition coefficient (Wildman–Crippen LogP) is 3.07. The lowest BCUT2D eigenvalue weighted by Gasteiger charge is -2.14. The number of aromatic nitrogens is 2. The first-order chi connectivity index (χ1) is 9.78. The predicted molar refractivity (Wildman–Crippen MR) is 78.1 cm³/mol. The highest BCUT2D eigenvalue weighted by atomic mass is 79.9. The van der Waals surface area contributed by atoms with E-state index in [1.54, 1.807) is 0 Å². The summed E-state index contributed by atoms with van der Waals surface area (Å²) in [5.74, 6) is 0. The standard InChI is InChI=1S/C13H21BrF3N3O/c1-3-10-12(14)11(20(4-2)19-10)7-9(18)5-6-21-8-13(15,16)17/h9H,3-8,18H2,1-2H3. The topological polar surface area (TPSA) is 53.1 Å². The summed E-state index contributed by atoms with van der Waals surface area (Å²) in [4.78, 5) is 0. The number of ether oxygens (including phenoxy) is 1. The molecule has 1 heterocycles. The maximum atomic E-state index is 11.9. The number of nitrogens with two attached hydrogens (primary N) is 1. The summed E-state index contributed by atoms with van der Waals surface area (Å²) in [6, 6.07) is -0.263. The summed E-state index contributed by atoms with van der Waals surface area (Å²) >= 11 is 3.52. The highest BCUT2D eigenvalue weighted by Crippen LogP contribution is 2.23. The summed E-state index contributed by atoms with van der Waals surface area (Å²) in [5, 5.41) is 4.46. The highest BCUT2D eigenvalue weighted by Gasteiger charge is 2.27. The normalized spacial score (nSPS) is 13.7. The maximum absolute atomic E-state index is 11.9. The molecule has 1 atom stereocenters. The van der Waals surface area contributed by atoms with Crippen molar-refractivity contribution in [2.24, 2.45) is 5.73 Å². The third-order valence-corrected chi connectivity index (χ3v) is 3.96. The third-order valence-electron chi connectivity index (χ3n) is 3.05. The Hall–Kier alpha value is -0.600. The smallest absolute Gasteiger partial charge is 0.372 e. The fraction of sp³-hybridized carbons (Fsp3) is 0.769. The van der Waals surface area contributed by atoms with Gasteiger partial charge in [-0.3, -0.25) is 4.68 Å². The number of nitrogens with zero attached hydrogens (tertiary/aromatic N) is 2. The van der Waals surface area contributed by atoms with E-state index in [2.05, 4.69) is 25.8 Å². The van der Waals surface area contributed by atoms with E-state index in [1.165, 1.54) is 0 Å². The lowest BCUT2D eigenvalue weighted by atomic mass is 10.1. The van der Waals surface area contributed by atoms with Crippen molar-refractivity contribution >= 4 is 15.9 Å². The van der Waals surface area contributed by atoms with E-state index >= 15 is 0 Å². The number of halogens is 4. The first-order valence-corrected chi connectivity index (χ1v) is 7.71. The van der Waals surface area contributed by atoms with Crippen molar-refractivity contribution in [3.05, 3.63) is 15.9 Å². The Bertz CT molecular complexity index is 449. The third kappa shape index (κ3) is 5.96. The molecule has 2 N–H and O–H groups in total. The number of rotatable bonds is 8. The van der Waals surface area contributed by atoms with Crippen LogP contribution >= 0.6 is 15.9 Å². The molecular weight excluding hydrogens is 351 g/mol. The minimum Gasteiger partial charge on any atom is -0.372 e. The van der Waals surface area contributed by atoms with Crippen molar-refractivity contribution in [3.63, 3.8) is 0 Å². The van der Waals surface area contributed by atoms with Crippen LogP contribution in [0.5, 0.6) is 0 Å². The van der Waals surface area contributed by atoms with Crippen LogP contribution < -0.4 is 5.73 Å². The van der Waals surface area contributed by atoms with E-state index in [9.17, 15) is 13.2 Å². The van der Waals surface area contributed by atoms with Gasteiger partial charge in [-0.15, -0.1) is 0 Å². The van der Waals surface area contributed by atoms with Gasteiger partial charge >= 0.3 is 6.18 Å². The number of hydrogen-bond donors (Lipinski definition) is 1. The molecule has 0 spiro atoms. The van der Waals surface area contributed by atoms with Gasteiger partial charge < -0.3 is 10.5 Å². The van der Waals surface area contributed by atoms with Gasteiger partial charge in [0.1, 0.15) is 6.61 Å². The summed E-state index contributed by atoms with van der Waals surface area (Å²) in [7, 11) is 0. The van der Waals surface area contributed by atoms with Crippen LogP contribution in [0, 0.1) is 0 Å². The molecule has 4 nitrogen and oxygen atoms in total. The lowest BCUT2D eigenvalue weighted by molar-refractivity contribution is -0.174. The van der Waals surface area contributed by atoms with Crippen LogP contribution in [0.3, 0.4) is 0 Å². The van der Waals surface area contributed by atoms with Crippen LogP contribution in [-0.4, -0.2) is 35.2 Å². The Balaban J connectivity index is 2.51. The number of aryl methyl sites for hydroxylation is 2. The zero-order valence-corrected chi connectivity index (χ0v) is 13.8. The van der Waals surface area contributed by atoms with Crippen molar-refractivity contribution in [1.29, 1.82) is 0 Å². The van der Waals surface area contributed by atoms with Crippen LogP contribution in [0.25, 0.3) is 0 Å². The summed E-state index contributed by atoms with van der Waals surface area (Å²) in [6.45, 7) is 3.50. The van der Waals surface area contributed by atoms with Gasteiger partial charge in [0.15, 0.2) is 0 Å². The van der Waals surface area contributed by atoms with E-state index in [4.69, 9.17) is 5.73 Å². The average molecular weight is 372 g/mol. The molecule has 1 unspecified atom stereocenters. The fourth-order valence-corrected chi connectivity index (χ4v) is 2.71. The minimum absolute atomic E-state index is 0.000801. The largest absolute Gasteiger partial charge is 0.411 e. The summed E-state index contributed by atoms with van der Waals surface area (Å²) < 4.78 is 43.2. The Morgan fingerprint density at radius 2 is 2.05 bits per heavy atom. The first kappa shape index (κ1) is 18.4. The van der Waals surface area contributed by atoms with Gasteiger partial charge in [-0.05, 0) is 35.7 Å². The Labute approximate surface area is 131 Å². The van der Waals surface area contributed by atoms with Crippen LogP contribution in [0.15, 0.2) is 4.47 Å². The molecule has 0 bridgehead atoms. The Morgan fingerprint density at radius 1 is 1.38 bits per heavy atom. The van der Waals surface area contributed by atoms with Gasteiger partial charge in [-0.2, -0.15) is 18.3 Å². The second-order valence-electron chi connectivity index (χ2n) is 4.80. The van der Waals surface area contributed by atoms with Gasteiger partial charge in [0.25, 0.3) is 0 Å². The van der Waals surface area contributed by atoms with E-state index in [-0.39, 0.29) is 12.6 Å². The molecule has 0 aliphatic rings. The molecule has 0 saturated carbocycles. The molecule has 0 fully saturated rings. The van der Waals surface area contributed by atoms with Crippen LogP contribution in [0.4, 0.5) is 13.2 Å². The SMILES string of the molecule is CCc1nn(CC)c(CC(N)CCOCC(F)(F)F)c1Br. The molecule has 0 amide bonds. The maximum Gasteiger partial charge on any atom is 0.411 e. The lowest BCUT2D eigenvalue weighted by Crippen LogP contribution is -2.27. The van der Waals surface area contributed by atoms with E-state index < -0.39 is 12.8 Å². The van der Waals surface area contributed by atoms with Gasteiger partial charge in [-0.25, -0.2) is 0 Å². The molecule has 8 heteroatoms. The second-order valence-corrected chi connectivity index (χ2v) is 5.59. The molecule has 21 heavy (non-hydrogen) atoms. The summed E-state index contributed by atoms with van der Waals surface area (Å²) in [5.41, 5.74) is 7.92. The quantitative estimate of drug-likeness (QED) is 0.714. The zero-order chi connectivity index (χ0) is 16.0. The molecule has 1 rings (SSSR count). The minimum atomic E-state index is -4.29. The van der Waals surface area contributed by atoms with Crippen LogP contribution in [-0.2, 0) is 24.1 Å². The molecule has 0 aromatic carbocycles. The molecule has 122 valence electrons. The van der Waals surface area contributed by atoms with E-state index in [0.29, 0.717) is 12.8 Å². The van der Waals surface area contributed by atoms with Crippen LogP contribution in [0.1, 0.15) is 31.7 Å². The van der Waals surface area contributed by atoms with Crippen LogP contribution in [0.2, 0.25) is 0 Å². The molecular formula is C13H21BrF3N3O. The molecule has 0 saturated heterocycles. The van der Waals surface area contributed by atoms with Crippen molar-refractivity contribution in [2.45, 2.75) is 51.9 Å². The Morgan fingerprint density at radius 3 is 2.57 bits per heavy atom. The van der Waals surface area contributed by atoms with Gasteiger partial charge in [0.05, 0.1) is 15.9 Å². The van der Waals surface area contributed by atoms with E-state index in [1.807, 2.05) is 18.5 Å². The second kappa shape index (κ2) is 8.14. The van der Waals surface area contributed by atoms with Crippen molar-refractivity contribution in [3.8, 4) is 0 Å². The van der Waals surface area contributed by atoms with Crippen molar-refractivity contribution in [1.82, 2.24) is 9.78 Å².